The molecular weight excluding hydrogens is 417 g/mol. The topological polar surface area (TPSA) is 60.0 Å². The van der Waals surface area contributed by atoms with E-state index in [4.69, 9.17) is 0 Å². The molecule has 0 saturated carbocycles. The number of rotatable bonds is 11. The van der Waals surface area contributed by atoms with Crippen molar-refractivity contribution in [3.05, 3.63) is 12.7 Å². The lowest BCUT2D eigenvalue weighted by molar-refractivity contribution is -0.127. The van der Waals surface area contributed by atoms with Gasteiger partial charge in [-0.2, -0.15) is 0 Å². The highest BCUT2D eigenvalue weighted by atomic mass is 127. The van der Waals surface area contributed by atoms with Crippen LogP contribution in [0.2, 0.25) is 0 Å². The quantitative estimate of drug-likeness (QED) is 0.217. The normalized spacial score (nSPS) is 12.3. The number of carbonyl (C=O) groups excluding carboxylic acids is 1. The number of halogens is 1. The van der Waals surface area contributed by atoms with Gasteiger partial charge in [-0.05, 0) is 39.4 Å². The summed E-state index contributed by atoms with van der Waals surface area (Å²) in [5.74, 6) is 0.648. The molecule has 1 amide bonds. The standard InChI is InChI=1S/C17H35N5O.HI/c1-7-12-18-17(19-14-16(23)21(5)6)20-15(4)11-10-13-22(8-2)9-3;/h7,15H,1,8-14H2,2-6H3,(H2,18,19,20);1H. The monoisotopic (exact) mass is 453 g/mol. The third kappa shape index (κ3) is 12.6. The number of hydrogen-bond acceptors (Lipinski definition) is 3. The Labute approximate surface area is 165 Å². The Morgan fingerprint density at radius 2 is 1.92 bits per heavy atom. The number of amides is 1. The maximum absolute atomic E-state index is 11.7. The molecule has 1 unspecified atom stereocenters. The zero-order valence-corrected chi connectivity index (χ0v) is 18.3. The van der Waals surface area contributed by atoms with Gasteiger partial charge >= 0.3 is 0 Å². The lowest BCUT2D eigenvalue weighted by Crippen LogP contribution is -2.43. The van der Waals surface area contributed by atoms with Gasteiger partial charge in [-0.1, -0.05) is 19.9 Å². The van der Waals surface area contributed by atoms with E-state index in [2.05, 4.69) is 47.9 Å². The first-order valence-corrected chi connectivity index (χ1v) is 8.52. The zero-order valence-electron chi connectivity index (χ0n) is 16.0. The van der Waals surface area contributed by atoms with E-state index < -0.39 is 0 Å². The molecule has 24 heavy (non-hydrogen) atoms. The van der Waals surface area contributed by atoms with Crippen molar-refractivity contribution in [2.45, 2.75) is 39.7 Å². The average molecular weight is 453 g/mol. The Kier molecular flexibility index (Phi) is 16.6. The van der Waals surface area contributed by atoms with Gasteiger partial charge in [-0.25, -0.2) is 4.99 Å². The largest absolute Gasteiger partial charge is 0.354 e. The molecule has 0 aromatic heterocycles. The molecule has 2 N–H and O–H groups in total. The van der Waals surface area contributed by atoms with Gasteiger partial charge < -0.3 is 20.4 Å². The van der Waals surface area contributed by atoms with Gasteiger partial charge in [0.2, 0.25) is 5.91 Å². The van der Waals surface area contributed by atoms with Crippen LogP contribution in [0, 0.1) is 0 Å². The number of carbonyl (C=O) groups is 1. The second kappa shape index (κ2) is 15.7. The zero-order chi connectivity index (χ0) is 17.7. The number of aliphatic imine (C=N–C) groups is 1. The van der Waals surface area contributed by atoms with E-state index in [9.17, 15) is 4.79 Å². The van der Waals surface area contributed by atoms with Crippen molar-refractivity contribution in [3.63, 3.8) is 0 Å². The molecular formula is C17H36IN5O. The highest BCUT2D eigenvalue weighted by molar-refractivity contribution is 14.0. The van der Waals surface area contributed by atoms with E-state index in [0.29, 0.717) is 18.5 Å². The van der Waals surface area contributed by atoms with Gasteiger partial charge in [-0.3, -0.25) is 4.79 Å². The molecule has 6 nitrogen and oxygen atoms in total. The third-order valence-electron chi connectivity index (χ3n) is 3.67. The highest BCUT2D eigenvalue weighted by Crippen LogP contribution is 1.99. The van der Waals surface area contributed by atoms with Crippen molar-refractivity contribution in [2.24, 2.45) is 4.99 Å². The summed E-state index contributed by atoms with van der Waals surface area (Å²) < 4.78 is 0. The molecule has 0 spiro atoms. The number of guanidine groups is 1. The van der Waals surface area contributed by atoms with E-state index in [1.807, 2.05) is 0 Å². The summed E-state index contributed by atoms with van der Waals surface area (Å²) in [6.45, 7) is 14.3. The van der Waals surface area contributed by atoms with Crippen LogP contribution in [-0.4, -0.2) is 74.5 Å². The predicted molar refractivity (Wildman–Crippen MR) is 114 cm³/mol. The smallest absolute Gasteiger partial charge is 0.243 e. The molecule has 0 aliphatic carbocycles. The summed E-state index contributed by atoms with van der Waals surface area (Å²) in [6.07, 6.45) is 3.98. The van der Waals surface area contributed by atoms with E-state index in [-0.39, 0.29) is 36.4 Å². The van der Waals surface area contributed by atoms with Crippen LogP contribution in [0.15, 0.2) is 17.6 Å². The second-order valence-corrected chi connectivity index (χ2v) is 5.84. The Bertz CT molecular complexity index is 370. The first-order valence-electron chi connectivity index (χ1n) is 8.52. The van der Waals surface area contributed by atoms with Gasteiger partial charge in [0.1, 0.15) is 6.54 Å². The number of likely N-dealkylation sites (N-methyl/N-ethyl adjacent to an activating group) is 1. The molecule has 0 saturated heterocycles. The molecule has 7 heteroatoms. The summed E-state index contributed by atoms with van der Waals surface area (Å²) in [6, 6.07) is 0.302. The van der Waals surface area contributed by atoms with Gasteiger partial charge in [-0.15, -0.1) is 30.6 Å². The Morgan fingerprint density at radius 1 is 1.29 bits per heavy atom. The predicted octanol–water partition coefficient (Wildman–Crippen LogP) is 1.92. The molecule has 0 fully saturated rings. The van der Waals surface area contributed by atoms with Crippen LogP contribution in [0.3, 0.4) is 0 Å². The minimum atomic E-state index is -0.0149. The fraction of sp³-hybridized carbons (Fsp3) is 0.765. The van der Waals surface area contributed by atoms with Crippen molar-refractivity contribution in [2.75, 3.05) is 46.8 Å². The summed E-state index contributed by atoms with van der Waals surface area (Å²) in [4.78, 5) is 20.0. The SMILES string of the molecule is C=CCNC(=NCC(=O)N(C)C)NC(C)CCCN(CC)CC.I. The molecule has 0 aromatic carbocycles. The molecule has 0 aliphatic heterocycles. The Morgan fingerprint density at radius 3 is 2.42 bits per heavy atom. The number of nitrogens with zero attached hydrogens (tertiary/aromatic N) is 3. The van der Waals surface area contributed by atoms with Crippen LogP contribution < -0.4 is 10.6 Å². The van der Waals surface area contributed by atoms with Gasteiger partial charge in [0.15, 0.2) is 5.96 Å². The van der Waals surface area contributed by atoms with Crippen molar-refractivity contribution < 1.29 is 4.79 Å². The van der Waals surface area contributed by atoms with Crippen molar-refractivity contribution >= 4 is 35.8 Å². The molecule has 0 radical (unpaired) electrons. The highest BCUT2D eigenvalue weighted by Gasteiger charge is 2.08. The summed E-state index contributed by atoms with van der Waals surface area (Å²) in [5, 5.41) is 6.51. The van der Waals surface area contributed by atoms with Crippen molar-refractivity contribution in [3.8, 4) is 0 Å². The van der Waals surface area contributed by atoms with Gasteiger partial charge in [0.25, 0.3) is 0 Å². The van der Waals surface area contributed by atoms with Crippen LogP contribution in [-0.2, 0) is 4.79 Å². The van der Waals surface area contributed by atoms with Crippen LogP contribution in [0.1, 0.15) is 33.6 Å². The number of hydrogen-bond donors (Lipinski definition) is 2. The summed E-state index contributed by atoms with van der Waals surface area (Å²) >= 11 is 0. The summed E-state index contributed by atoms with van der Waals surface area (Å²) in [5.41, 5.74) is 0. The third-order valence-corrected chi connectivity index (χ3v) is 3.67. The van der Waals surface area contributed by atoms with Crippen LogP contribution in [0.4, 0.5) is 0 Å². The molecule has 0 heterocycles. The molecule has 0 aliphatic rings. The number of nitrogens with one attached hydrogen (secondary N) is 2. The maximum Gasteiger partial charge on any atom is 0.243 e. The fourth-order valence-corrected chi connectivity index (χ4v) is 2.08. The fourth-order valence-electron chi connectivity index (χ4n) is 2.08. The first-order chi connectivity index (χ1) is 10.9. The average Bonchev–Trinajstić information content (AvgIpc) is 2.53. The lowest BCUT2D eigenvalue weighted by atomic mass is 10.2. The molecule has 0 aromatic rings. The van der Waals surface area contributed by atoms with Crippen molar-refractivity contribution in [1.82, 2.24) is 20.4 Å². The summed E-state index contributed by atoms with van der Waals surface area (Å²) in [7, 11) is 3.47. The Balaban J connectivity index is 0. The van der Waals surface area contributed by atoms with Crippen LogP contribution >= 0.6 is 24.0 Å². The van der Waals surface area contributed by atoms with E-state index in [1.165, 1.54) is 0 Å². The van der Waals surface area contributed by atoms with Gasteiger partial charge in [0, 0.05) is 26.7 Å². The van der Waals surface area contributed by atoms with Crippen molar-refractivity contribution in [1.29, 1.82) is 0 Å². The van der Waals surface area contributed by atoms with E-state index in [1.54, 1.807) is 25.1 Å². The molecule has 142 valence electrons. The van der Waals surface area contributed by atoms with E-state index in [0.717, 1.165) is 32.5 Å². The van der Waals surface area contributed by atoms with Crippen LogP contribution in [0.5, 0.6) is 0 Å². The molecule has 0 bridgehead atoms. The minimum Gasteiger partial charge on any atom is -0.354 e. The molecule has 1 atom stereocenters. The minimum absolute atomic E-state index is 0. The Hall–Kier alpha value is -0.830. The first kappa shape index (κ1) is 25.4. The maximum atomic E-state index is 11.7. The van der Waals surface area contributed by atoms with Crippen LogP contribution in [0.25, 0.3) is 0 Å². The second-order valence-electron chi connectivity index (χ2n) is 5.84. The lowest BCUT2D eigenvalue weighted by Gasteiger charge is -2.21. The van der Waals surface area contributed by atoms with Gasteiger partial charge in [0.05, 0.1) is 0 Å². The molecule has 0 rings (SSSR count). The van der Waals surface area contributed by atoms with E-state index >= 15 is 0 Å².